The van der Waals surface area contributed by atoms with Gasteiger partial charge in [0.05, 0.1) is 36.2 Å². The number of ether oxygens (including phenoxy) is 1. The van der Waals surface area contributed by atoms with E-state index in [4.69, 9.17) is 15.5 Å². The highest BCUT2D eigenvalue weighted by Crippen LogP contribution is 2.41. The van der Waals surface area contributed by atoms with Crippen molar-refractivity contribution in [2.75, 3.05) is 24.6 Å². The molecule has 2 saturated heterocycles. The van der Waals surface area contributed by atoms with E-state index in [9.17, 15) is 13.6 Å². The third-order valence-corrected chi connectivity index (χ3v) is 6.99. The fourth-order valence-electron chi connectivity index (χ4n) is 5.05. The van der Waals surface area contributed by atoms with Gasteiger partial charge in [0.15, 0.2) is 0 Å². The van der Waals surface area contributed by atoms with Crippen LogP contribution >= 0.6 is 0 Å². The molecule has 0 amide bonds. The molecule has 2 N–H and O–H groups in total. The molecule has 31 heavy (non-hydrogen) atoms. The molecular weight excluding hydrogens is 404 g/mol. The summed E-state index contributed by atoms with van der Waals surface area (Å²) in [6.07, 6.45) is 1.79. The van der Waals surface area contributed by atoms with Crippen molar-refractivity contribution < 1.29 is 13.5 Å². The second-order valence-electron chi connectivity index (χ2n) is 8.81. The van der Waals surface area contributed by atoms with E-state index >= 15 is 0 Å². The van der Waals surface area contributed by atoms with Crippen LogP contribution < -0.4 is 16.2 Å². The van der Waals surface area contributed by atoms with Crippen LogP contribution in [0.25, 0.3) is 0 Å². The summed E-state index contributed by atoms with van der Waals surface area (Å²) < 4.78 is 34.7. The number of nitrogens with two attached hydrogens (primary N) is 1. The van der Waals surface area contributed by atoms with Gasteiger partial charge in [0.25, 0.3) is 5.56 Å². The molecule has 2 atom stereocenters. The first-order valence-corrected chi connectivity index (χ1v) is 10.5. The quantitative estimate of drug-likeness (QED) is 0.786. The summed E-state index contributed by atoms with van der Waals surface area (Å²) in [6, 6.07) is 3.17. The largest absolute Gasteiger partial charge is 0.376 e. The number of nitrogens with zero attached hydrogens (tertiary/aromatic N) is 4. The van der Waals surface area contributed by atoms with Crippen molar-refractivity contribution in [1.29, 1.82) is 0 Å². The van der Waals surface area contributed by atoms with Gasteiger partial charge in [0.2, 0.25) is 5.95 Å². The SMILES string of the molecule is C[C@@H]1OCC2(CCN(c3nc4c(c(=O)n3C)C(c3cc(F)cc(F)c3)=NC4)CC2)[C@@H]1N. The molecule has 1 aromatic heterocycles. The molecule has 4 heterocycles. The molecule has 7 nitrogen and oxygen atoms in total. The first-order valence-electron chi connectivity index (χ1n) is 10.5. The van der Waals surface area contributed by atoms with Gasteiger partial charge in [-0.25, -0.2) is 13.8 Å². The zero-order chi connectivity index (χ0) is 21.9. The lowest BCUT2D eigenvalue weighted by Gasteiger charge is -2.41. The highest BCUT2D eigenvalue weighted by molar-refractivity contribution is 6.14. The number of hydrogen-bond acceptors (Lipinski definition) is 6. The Morgan fingerprint density at radius 1 is 1.19 bits per heavy atom. The topological polar surface area (TPSA) is 85.7 Å². The Labute approximate surface area is 178 Å². The van der Waals surface area contributed by atoms with Crippen molar-refractivity contribution in [3.8, 4) is 0 Å². The lowest BCUT2D eigenvalue weighted by molar-refractivity contribution is 0.0973. The number of rotatable bonds is 2. The second kappa shape index (κ2) is 7.20. The van der Waals surface area contributed by atoms with Crippen LogP contribution in [0, 0.1) is 17.0 Å². The number of aliphatic imine (C=N–C) groups is 1. The van der Waals surface area contributed by atoms with Gasteiger partial charge in [-0.15, -0.1) is 0 Å². The maximum Gasteiger partial charge on any atom is 0.264 e. The van der Waals surface area contributed by atoms with Crippen molar-refractivity contribution >= 4 is 11.7 Å². The molecule has 3 aliphatic heterocycles. The molecule has 9 heteroatoms. The van der Waals surface area contributed by atoms with Crippen LogP contribution in [0.4, 0.5) is 14.7 Å². The Morgan fingerprint density at radius 3 is 2.48 bits per heavy atom. The van der Waals surface area contributed by atoms with Gasteiger partial charge >= 0.3 is 0 Å². The minimum absolute atomic E-state index is 0.00840. The summed E-state index contributed by atoms with van der Waals surface area (Å²) in [5.41, 5.74) is 7.49. The Hall–Kier alpha value is -2.65. The summed E-state index contributed by atoms with van der Waals surface area (Å²) in [5.74, 6) is -0.836. The maximum atomic E-state index is 13.7. The van der Waals surface area contributed by atoms with Gasteiger partial charge in [-0.1, -0.05) is 0 Å². The Kier molecular flexibility index (Phi) is 4.71. The summed E-state index contributed by atoms with van der Waals surface area (Å²) in [5, 5.41) is 0. The van der Waals surface area contributed by atoms with Crippen molar-refractivity contribution in [1.82, 2.24) is 9.55 Å². The number of fused-ring (bicyclic) bond motifs is 1. The van der Waals surface area contributed by atoms with Gasteiger partial charge in [0.1, 0.15) is 11.6 Å². The van der Waals surface area contributed by atoms with Crippen LogP contribution in [0.5, 0.6) is 0 Å². The molecule has 0 unspecified atom stereocenters. The number of aromatic nitrogens is 2. The fraction of sp³-hybridized carbons (Fsp3) is 0.500. The summed E-state index contributed by atoms with van der Waals surface area (Å²) >= 11 is 0. The lowest BCUT2D eigenvalue weighted by Crippen LogP contribution is -2.51. The summed E-state index contributed by atoms with van der Waals surface area (Å²) in [4.78, 5) is 24.4. The average molecular weight is 429 g/mol. The Balaban J connectivity index is 1.44. The van der Waals surface area contributed by atoms with Crippen LogP contribution in [0.2, 0.25) is 0 Å². The van der Waals surface area contributed by atoms with Gasteiger partial charge in [-0.05, 0) is 31.9 Å². The third-order valence-electron chi connectivity index (χ3n) is 6.99. The van der Waals surface area contributed by atoms with E-state index in [2.05, 4.69) is 9.89 Å². The van der Waals surface area contributed by atoms with Gasteiger partial charge < -0.3 is 15.4 Å². The van der Waals surface area contributed by atoms with Crippen LogP contribution in [0.3, 0.4) is 0 Å². The predicted octanol–water partition coefficient (Wildman–Crippen LogP) is 1.74. The molecule has 0 saturated carbocycles. The lowest BCUT2D eigenvalue weighted by atomic mass is 9.73. The number of piperidine rings is 1. The molecule has 164 valence electrons. The minimum Gasteiger partial charge on any atom is -0.376 e. The van der Waals surface area contributed by atoms with Crippen LogP contribution in [0.15, 0.2) is 28.0 Å². The van der Waals surface area contributed by atoms with E-state index in [1.807, 2.05) is 6.92 Å². The number of benzene rings is 1. The van der Waals surface area contributed by atoms with Crippen LogP contribution in [-0.2, 0) is 18.3 Å². The molecular formula is C22H25F2N5O2. The molecule has 1 spiro atoms. The van der Waals surface area contributed by atoms with E-state index in [1.54, 1.807) is 7.05 Å². The Bertz CT molecular complexity index is 1120. The first-order chi connectivity index (χ1) is 14.8. The second-order valence-corrected chi connectivity index (χ2v) is 8.81. The predicted molar refractivity (Wildman–Crippen MR) is 112 cm³/mol. The molecule has 0 bridgehead atoms. The molecule has 1 aromatic carbocycles. The molecule has 0 radical (unpaired) electrons. The standard InChI is InChI=1S/C22H25F2N5O2/c1-12-19(25)22(11-31-12)3-5-29(6-4-22)21-27-16-10-26-18(17(16)20(30)28(21)2)13-7-14(23)9-15(24)8-13/h7-9,12,19H,3-6,10-11,25H2,1-2H3/t12-,19+/m0/s1. The molecule has 5 rings (SSSR count). The monoisotopic (exact) mass is 429 g/mol. The fourth-order valence-corrected chi connectivity index (χ4v) is 5.05. The molecule has 0 aliphatic carbocycles. The highest BCUT2D eigenvalue weighted by Gasteiger charge is 2.48. The van der Waals surface area contributed by atoms with Crippen molar-refractivity contribution in [2.24, 2.45) is 23.2 Å². The van der Waals surface area contributed by atoms with Crippen molar-refractivity contribution in [2.45, 2.75) is 38.5 Å². The highest BCUT2D eigenvalue weighted by atomic mass is 19.1. The van der Waals surface area contributed by atoms with Crippen molar-refractivity contribution in [3.63, 3.8) is 0 Å². The third kappa shape index (κ3) is 3.18. The zero-order valence-corrected chi connectivity index (χ0v) is 17.6. The smallest absolute Gasteiger partial charge is 0.264 e. The van der Waals surface area contributed by atoms with E-state index in [0.29, 0.717) is 23.8 Å². The van der Waals surface area contributed by atoms with E-state index in [1.165, 1.54) is 16.7 Å². The molecule has 2 aromatic rings. The minimum atomic E-state index is -0.710. The first kappa shape index (κ1) is 20.3. The maximum absolute atomic E-state index is 13.7. The van der Waals surface area contributed by atoms with Gasteiger partial charge in [-0.2, -0.15) is 0 Å². The zero-order valence-electron chi connectivity index (χ0n) is 17.6. The molecule has 2 fully saturated rings. The average Bonchev–Trinajstić information content (AvgIpc) is 3.28. The Morgan fingerprint density at radius 2 is 1.87 bits per heavy atom. The van der Waals surface area contributed by atoms with E-state index in [0.717, 1.165) is 32.0 Å². The van der Waals surface area contributed by atoms with Gasteiger partial charge in [0, 0.05) is 43.2 Å². The van der Waals surface area contributed by atoms with Crippen LogP contribution in [0.1, 0.15) is 36.6 Å². The number of halogens is 2. The van der Waals surface area contributed by atoms with Crippen molar-refractivity contribution in [3.05, 3.63) is 57.0 Å². The van der Waals surface area contributed by atoms with E-state index < -0.39 is 11.6 Å². The number of anilines is 1. The molecule has 3 aliphatic rings. The summed E-state index contributed by atoms with van der Waals surface area (Å²) in [6.45, 7) is 4.35. The summed E-state index contributed by atoms with van der Waals surface area (Å²) in [7, 11) is 1.67. The number of hydrogen-bond donors (Lipinski definition) is 1. The van der Waals surface area contributed by atoms with E-state index in [-0.39, 0.29) is 40.9 Å². The van der Waals surface area contributed by atoms with Gasteiger partial charge in [-0.3, -0.25) is 14.4 Å². The van der Waals surface area contributed by atoms with Crippen LogP contribution in [-0.4, -0.2) is 47.1 Å². The normalized spacial score (nSPS) is 24.5.